The van der Waals surface area contributed by atoms with E-state index in [9.17, 15) is 0 Å². The van der Waals surface area contributed by atoms with Gasteiger partial charge in [0, 0.05) is 19.5 Å². The number of hydrogen-bond donors (Lipinski definition) is 0. The van der Waals surface area contributed by atoms with E-state index in [4.69, 9.17) is 18.9 Å². The smallest absolute Gasteiger partial charge is 0.316 e. The van der Waals surface area contributed by atoms with Gasteiger partial charge in [0.1, 0.15) is 6.61 Å². The Morgan fingerprint density at radius 1 is 0.944 bits per heavy atom. The van der Waals surface area contributed by atoms with Gasteiger partial charge in [-0.05, 0) is 15.9 Å². The fraction of sp³-hybridized carbons (Fsp3) is 0.636. The SMILES string of the molecule is COCCOCCOCCOc1ncc(Br)cn1. The normalized spacial score (nSPS) is 10.6. The Hall–Kier alpha value is -0.760. The van der Waals surface area contributed by atoms with Crippen LogP contribution in [0.15, 0.2) is 16.9 Å². The van der Waals surface area contributed by atoms with Gasteiger partial charge in [0.2, 0.25) is 0 Å². The molecule has 1 rings (SSSR count). The highest BCUT2D eigenvalue weighted by molar-refractivity contribution is 9.10. The fourth-order valence-corrected chi connectivity index (χ4v) is 1.24. The van der Waals surface area contributed by atoms with E-state index < -0.39 is 0 Å². The summed E-state index contributed by atoms with van der Waals surface area (Å²) in [4.78, 5) is 7.94. The summed E-state index contributed by atoms with van der Waals surface area (Å²) in [6, 6.07) is 0.346. The van der Waals surface area contributed by atoms with E-state index >= 15 is 0 Å². The third-order valence-corrected chi connectivity index (χ3v) is 2.27. The summed E-state index contributed by atoms with van der Waals surface area (Å²) in [6.07, 6.45) is 3.26. The number of ether oxygens (including phenoxy) is 4. The predicted molar refractivity (Wildman–Crippen MR) is 68.7 cm³/mol. The molecular formula is C11H17BrN2O4. The average Bonchev–Trinajstić information content (AvgIpc) is 2.39. The van der Waals surface area contributed by atoms with Crippen LogP contribution in [0.2, 0.25) is 0 Å². The van der Waals surface area contributed by atoms with Gasteiger partial charge < -0.3 is 18.9 Å². The molecule has 1 aromatic heterocycles. The van der Waals surface area contributed by atoms with Gasteiger partial charge in [-0.3, -0.25) is 0 Å². The second-order valence-electron chi connectivity index (χ2n) is 3.25. The second-order valence-corrected chi connectivity index (χ2v) is 4.17. The van der Waals surface area contributed by atoms with Crippen molar-refractivity contribution < 1.29 is 18.9 Å². The molecule has 1 heterocycles. The molecule has 0 saturated heterocycles. The number of aromatic nitrogens is 2. The summed E-state index contributed by atoms with van der Waals surface area (Å²) in [5.74, 6) is 0. The molecule has 102 valence electrons. The van der Waals surface area contributed by atoms with E-state index in [0.29, 0.717) is 45.7 Å². The third kappa shape index (κ3) is 7.54. The van der Waals surface area contributed by atoms with Crippen molar-refractivity contribution in [3.05, 3.63) is 16.9 Å². The maximum absolute atomic E-state index is 5.30. The Kier molecular flexibility index (Phi) is 8.66. The van der Waals surface area contributed by atoms with Gasteiger partial charge in [0.15, 0.2) is 0 Å². The van der Waals surface area contributed by atoms with E-state index in [1.165, 1.54) is 0 Å². The average molecular weight is 321 g/mol. The van der Waals surface area contributed by atoms with E-state index in [1.807, 2.05) is 0 Å². The standard InChI is InChI=1S/C11H17BrN2O4/c1-15-2-3-16-4-5-17-6-7-18-11-13-8-10(12)9-14-11/h8-9H,2-7H2,1H3. The molecule has 0 N–H and O–H groups in total. The number of hydrogen-bond acceptors (Lipinski definition) is 6. The molecule has 0 fully saturated rings. The van der Waals surface area contributed by atoms with Crippen LogP contribution in [-0.4, -0.2) is 56.7 Å². The molecule has 1 aromatic rings. The maximum Gasteiger partial charge on any atom is 0.316 e. The minimum atomic E-state index is 0.346. The van der Waals surface area contributed by atoms with Crippen molar-refractivity contribution in [2.24, 2.45) is 0 Å². The molecule has 0 bridgehead atoms. The third-order valence-electron chi connectivity index (χ3n) is 1.86. The summed E-state index contributed by atoms with van der Waals surface area (Å²) >= 11 is 3.25. The Labute approximate surface area is 115 Å². The van der Waals surface area contributed by atoms with E-state index in [1.54, 1.807) is 19.5 Å². The molecule has 0 saturated carbocycles. The first kappa shape index (κ1) is 15.3. The quantitative estimate of drug-likeness (QED) is 0.605. The van der Waals surface area contributed by atoms with E-state index in [0.717, 1.165) is 4.47 Å². The first-order valence-corrected chi connectivity index (χ1v) is 6.37. The highest BCUT2D eigenvalue weighted by Crippen LogP contribution is 2.07. The summed E-state index contributed by atoms with van der Waals surface area (Å²) in [5.41, 5.74) is 0. The minimum Gasteiger partial charge on any atom is -0.461 e. The first-order valence-electron chi connectivity index (χ1n) is 5.57. The zero-order valence-corrected chi connectivity index (χ0v) is 11.9. The van der Waals surface area contributed by atoms with Gasteiger partial charge in [-0.2, -0.15) is 0 Å². The van der Waals surface area contributed by atoms with Gasteiger partial charge in [-0.15, -0.1) is 0 Å². The van der Waals surface area contributed by atoms with Crippen LogP contribution in [-0.2, 0) is 14.2 Å². The van der Waals surface area contributed by atoms with Crippen LogP contribution >= 0.6 is 15.9 Å². The Morgan fingerprint density at radius 2 is 1.50 bits per heavy atom. The molecule has 0 radical (unpaired) electrons. The lowest BCUT2D eigenvalue weighted by molar-refractivity contribution is 0.0173. The van der Waals surface area contributed by atoms with Crippen LogP contribution in [0, 0.1) is 0 Å². The highest BCUT2D eigenvalue weighted by Gasteiger charge is 1.97. The number of methoxy groups -OCH3 is 1. The van der Waals surface area contributed by atoms with Crippen molar-refractivity contribution in [2.75, 3.05) is 46.8 Å². The van der Waals surface area contributed by atoms with Crippen LogP contribution < -0.4 is 4.74 Å². The molecule has 18 heavy (non-hydrogen) atoms. The van der Waals surface area contributed by atoms with Gasteiger partial charge in [-0.1, -0.05) is 0 Å². The van der Waals surface area contributed by atoms with E-state index in [2.05, 4.69) is 25.9 Å². The van der Waals surface area contributed by atoms with Crippen molar-refractivity contribution in [3.63, 3.8) is 0 Å². The summed E-state index contributed by atoms with van der Waals surface area (Å²) < 4.78 is 21.5. The minimum absolute atomic E-state index is 0.346. The largest absolute Gasteiger partial charge is 0.461 e. The predicted octanol–water partition coefficient (Wildman–Crippen LogP) is 1.30. The van der Waals surface area contributed by atoms with Crippen LogP contribution in [0.4, 0.5) is 0 Å². The van der Waals surface area contributed by atoms with Gasteiger partial charge in [0.05, 0.1) is 37.5 Å². The zero-order valence-electron chi connectivity index (χ0n) is 10.3. The molecule has 7 heteroatoms. The lowest BCUT2D eigenvalue weighted by atomic mass is 10.7. The van der Waals surface area contributed by atoms with Crippen molar-refractivity contribution in [3.8, 4) is 6.01 Å². The number of halogens is 1. The van der Waals surface area contributed by atoms with Crippen molar-refractivity contribution >= 4 is 15.9 Å². The molecule has 0 amide bonds. The lowest BCUT2D eigenvalue weighted by Gasteiger charge is -2.06. The van der Waals surface area contributed by atoms with Crippen molar-refractivity contribution in [2.45, 2.75) is 0 Å². The monoisotopic (exact) mass is 320 g/mol. The van der Waals surface area contributed by atoms with Crippen LogP contribution in [0.5, 0.6) is 6.01 Å². The maximum atomic E-state index is 5.30. The first-order chi connectivity index (χ1) is 8.83. The molecule has 0 aliphatic heterocycles. The van der Waals surface area contributed by atoms with Crippen molar-refractivity contribution in [1.82, 2.24) is 9.97 Å². The van der Waals surface area contributed by atoms with Crippen LogP contribution in [0.25, 0.3) is 0 Å². The highest BCUT2D eigenvalue weighted by atomic mass is 79.9. The molecule has 0 aliphatic carbocycles. The van der Waals surface area contributed by atoms with Crippen LogP contribution in [0.3, 0.4) is 0 Å². The number of nitrogens with zero attached hydrogens (tertiary/aromatic N) is 2. The fourth-order valence-electron chi connectivity index (χ4n) is 1.03. The summed E-state index contributed by atoms with van der Waals surface area (Å²) in [7, 11) is 1.64. The summed E-state index contributed by atoms with van der Waals surface area (Å²) in [5, 5.41) is 0. The number of rotatable bonds is 10. The van der Waals surface area contributed by atoms with Gasteiger partial charge in [-0.25, -0.2) is 9.97 Å². The van der Waals surface area contributed by atoms with E-state index in [-0.39, 0.29) is 0 Å². The lowest BCUT2D eigenvalue weighted by Crippen LogP contribution is -2.13. The molecule has 0 atom stereocenters. The Morgan fingerprint density at radius 3 is 2.11 bits per heavy atom. The Balaban J connectivity index is 1.91. The topological polar surface area (TPSA) is 62.7 Å². The Bertz CT molecular complexity index is 310. The second kappa shape index (κ2) is 10.2. The van der Waals surface area contributed by atoms with Crippen LogP contribution in [0.1, 0.15) is 0 Å². The van der Waals surface area contributed by atoms with Crippen molar-refractivity contribution in [1.29, 1.82) is 0 Å². The van der Waals surface area contributed by atoms with Gasteiger partial charge >= 0.3 is 6.01 Å². The molecular weight excluding hydrogens is 304 g/mol. The summed E-state index contributed by atoms with van der Waals surface area (Å²) in [6.45, 7) is 3.17. The molecule has 6 nitrogen and oxygen atoms in total. The molecule has 0 spiro atoms. The zero-order chi connectivity index (χ0) is 13.1. The van der Waals surface area contributed by atoms with Gasteiger partial charge in [0.25, 0.3) is 0 Å². The molecule has 0 aromatic carbocycles. The molecule has 0 aliphatic rings. The molecule has 0 unspecified atom stereocenters.